The molecule has 0 aliphatic carbocycles. The van der Waals surface area contributed by atoms with Gasteiger partial charge in [0.1, 0.15) is 5.82 Å². The van der Waals surface area contributed by atoms with Gasteiger partial charge in [-0.3, -0.25) is 15.0 Å². The van der Waals surface area contributed by atoms with E-state index in [4.69, 9.17) is 0 Å². The SMILES string of the molecule is O=C(O)N1CCC[C@H]1c1ncc(-c2ccc(/C(=C/c3ccc([N+](=O)[O-])cc3)c3ccccc3)cc2)[nH]1. The first kappa shape index (κ1) is 23.0. The molecule has 3 aromatic carbocycles. The van der Waals surface area contributed by atoms with E-state index in [0.717, 1.165) is 46.4 Å². The number of carbonyl (C=O) groups is 1. The maximum atomic E-state index is 11.5. The van der Waals surface area contributed by atoms with Crippen LogP contribution in [0.4, 0.5) is 10.5 Å². The van der Waals surface area contributed by atoms with Crippen molar-refractivity contribution in [3.8, 4) is 11.3 Å². The van der Waals surface area contributed by atoms with Crippen molar-refractivity contribution >= 4 is 23.4 Å². The number of rotatable bonds is 6. The number of hydrogen-bond donors (Lipinski definition) is 2. The zero-order chi connectivity index (χ0) is 25.1. The van der Waals surface area contributed by atoms with Crippen LogP contribution in [0.2, 0.25) is 0 Å². The van der Waals surface area contributed by atoms with Gasteiger partial charge in [0.15, 0.2) is 0 Å². The summed E-state index contributed by atoms with van der Waals surface area (Å²) in [6.07, 6.45) is 4.42. The van der Waals surface area contributed by atoms with Crippen LogP contribution in [0, 0.1) is 10.1 Å². The molecular formula is C28H24N4O4. The zero-order valence-electron chi connectivity index (χ0n) is 19.4. The third kappa shape index (κ3) is 4.74. The lowest BCUT2D eigenvalue weighted by atomic mass is 9.94. The first-order valence-electron chi connectivity index (χ1n) is 11.7. The number of nitrogens with one attached hydrogen (secondary N) is 1. The van der Waals surface area contributed by atoms with E-state index >= 15 is 0 Å². The van der Waals surface area contributed by atoms with Crippen molar-refractivity contribution in [1.29, 1.82) is 0 Å². The Morgan fingerprint density at radius 2 is 1.72 bits per heavy atom. The molecule has 0 bridgehead atoms. The molecule has 5 rings (SSSR count). The molecule has 1 aliphatic rings. The number of hydrogen-bond acceptors (Lipinski definition) is 4. The Balaban J connectivity index is 1.44. The molecule has 1 saturated heterocycles. The Labute approximate surface area is 207 Å². The molecule has 4 aromatic rings. The van der Waals surface area contributed by atoms with Crippen molar-refractivity contribution in [3.05, 3.63) is 118 Å². The molecule has 1 amide bonds. The van der Waals surface area contributed by atoms with E-state index < -0.39 is 11.0 Å². The molecule has 2 N–H and O–H groups in total. The minimum Gasteiger partial charge on any atom is -0.465 e. The predicted octanol–water partition coefficient (Wildman–Crippen LogP) is 6.39. The molecule has 1 aliphatic heterocycles. The van der Waals surface area contributed by atoms with Crippen LogP contribution < -0.4 is 0 Å². The monoisotopic (exact) mass is 480 g/mol. The predicted molar refractivity (Wildman–Crippen MR) is 137 cm³/mol. The zero-order valence-corrected chi connectivity index (χ0v) is 19.4. The summed E-state index contributed by atoms with van der Waals surface area (Å²) >= 11 is 0. The van der Waals surface area contributed by atoms with Crippen LogP contribution in [-0.2, 0) is 0 Å². The molecule has 0 radical (unpaired) electrons. The van der Waals surface area contributed by atoms with Crippen molar-refractivity contribution in [2.75, 3.05) is 6.54 Å². The quantitative estimate of drug-likeness (QED) is 0.189. The summed E-state index contributed by atoms with van der Waals surface area (Å²) < 4.78 is 0. The van der Waals surface area contributed by atoms with Crippen LogP contribution in [0.5, 0.6) is 0 Å². The highest BCUT2D eigenvalue weighted by molar-refractivity contribution is 5.91. The smallest absolute Gasteiger partial charge is 0.407 e. The highest BCUT2D eigenvalue weighted by Crippen LogP contribution is 2.32. The summed E-state index contributed by atoms with van der Waals surface area (Å²) in [5, 5.41) is 20.4. The van der Waals surface area contributed by atoms with Gasteiger partial charge in [-0.15, -0.1) is 0 Å². The van der Waals surface area contributed by atoms with Crippen LogP contribution in [0.25, 0.3) is 22.9 Å². The van der Waals surface area contributed by atoms with Crippen LogP contribution in [0.3, 0.4) is 0 Å². The number of aromatic nitrogens is 2. The van der Waals surface area contributed by atoms with E-state index in [1.54, 1.807) is 18.3 Å². The van der Waals surface area contributed by atoms with Crippen molar-refractivity contribution < 1.29 is 14.8 Å². The van der Waals surface area contributed by atoms with Crippen LogP contribution in [0.15, 0.2) is 85.1 Å². The van der Waals surface area contributed by atoms with Crippen molar-refractivity contribution in [2.45, 2.75) is 18.9 Å². The maximum absolute atomic E-state index is 11.5. The Morgan fingerprint density at radius 1 is 1.03 bits per heavy atom. The first-order chi connectivity index (χ1) is 17.5. The normalized spacial score (nSPS) is 15.7. The van der Waals surface area contributed by atoms with Crippen LogP contribution in [0.1, 0.15) is 41.4 Å². The first-order valence-corrected chi connectivity index (χ1v) is 11.7. The third-order valence-electron chi connectivity index (χ3n) is 6.42. The second kappa shape index (κ2) is 9.87. The fraction of sp³-hybridized carbons (Fsp3) is 0.143. The van der Waals surface area contributed by atoms with E-state index in [0.29, 0.717) is 12.4 Å². The average Bonchev–Trinajstić information content (AvgIpc) is 3.58. The summed E-state index contributed by atoms with van der Waals surface area (Å²) in [5.41, 5.74) is 5.71. The minimum atomic E-state index is -0.923. The molecule has 1 fully saturated rings. The number of carboxylic acid groups (broad SMARTS) is 1. The van der Waals surface area contributed by atoms with Gasteiger partial charge in [-0.05, 0) is 58.9 Å². The number of non-ortho nitro benzene ring substituents is 1. The molecule has 8 heteroatoms. The van der Waals surface area contributed by atoms with E-state index in [2.05, 4.69) is 9.97 Å². The van der Waals surface area contributed by atoms with Gasteiger partial charge in [0.2, 0.25) is 0 Å². The van der Waals surface area contributed by atoms with Crippen LogP contribution in [-0.4, -0.2) is 37.5 Å². The summed E-state index contributed by atoms with van der Waals surface area (Å²) in [6.45, 7) is 0.522. The molecule has 0 unspecified atom stereocenters. The molecule has 2 heterocycles. The number of benzene rings is 3. The molecule has 180 valence electrons. The number of nitro groups is 1. The minimum absolute atomic E-state index is 0.0563. The van der Waals surface area contributed by atoms with Crippen molar-refractivity contribution in [2.24, 2.45) is 0 Å². The lowest BCUT2D eigenvalue weighted by Crippen LogP contribution is -2.29. The molecule has 36 heavy (non-hydrogen) atoms. The number of likely N-dealkylation sites (tertiary alicyclic amines) is 1. The number of imidazole rings is 1. The number of H-pyrrole nitrogens is 1. The summed E-state index contributed by atoms with van der Waals surface area (Å²) in [4.78, 5) is 31.3. The van der Waals surface area contributed by atoms with Gasteiger partial charge in [0, 0.05) is 18.7 Å². The summed E-state index contributed by atoms with van der Waals surface area (Å²) in [7, 11) is 0. The third-order valence-corrected chi connectivity index (χ3v) is 6.42. The van der Waals surface area contributed by atoms with Gasteiger partial charge < -0.3 is 10.1 Å². The van der Waals surface area contributed by atoms with Gasteiger partial charge in [-0.1, -0.05) is 54.6 Å². The van der Waals surface area contributed by atoms with E-state index in [1.807, 2.05) is 60.7 Å². The van der Waals surface area contributed by atoms with E-state index in [-0.39, 0.29) is 11.7 Å². The highest BCUT2D eigenvalue weighted by Gasteiger charge is 2.31. The largest absolute Gasteiger partial charge is 0.465 e. The number of nitrogens with zero attached hydrogens (tertiary/aromatic N) is 3. The molecule has 0 saturated carbocycles. The fourth-order valence-corrected chi connectivity index (χ4v) is 4.57. The Bertz CT molecular complexity index is 1410. The van der Waals surface area contributed by atoms with E-state index in [9.17, 15) is 20.0 Å². The van der Waals surface area contributed by atoms with Crippen LogP contribution >= 0.6 is 0 Å². The molecule has 0 spiro atoms. The standard InChI is InChI=1S/C28H24N4O4/c33-28(34)31-16-4-7-26(31)27-29-18-25(30-27)22-12-10-21(11-13-22)24(20-5-2-1-3-6-20)17-19-8-14-23(15-9-19)32(35)36/h1-3,5-6,8-15,17-18,26H,4,7,16H2,(H,29,30)(H,33,34)/b24-17+/t26-/m0/s1. The summed E-state index contributed by atoms with van der Waals surface area (Å²) in [5.74, 6) is 0.664. The Kier molecular flexibility index (Phi) is 6.32. The Hall–Kier alpha value is -4.72. The second-order valence-corrected chi connectivity index (χ2v) is 8.67. The Morgan fingerprint density at radius 3 is 2.39 bits per heavy atom. The van der Waals surface area contributed by atoms with Crippen molar-refractivity contribution in [3.63, 3.8) is 0 Å². The van der Waals surface area contributed by atoms with E-state index in [1.165, 1.54) is 17.0 Å². The number of nitro benzene ring substituents is 1. The molecular weight excluding hydrogens is 456 g/mol. The maximum Gasteiger partial charge on any atom is 0.407 e. The highest BCUT2D eigenvalue weighted by atomic mass is 16.6. The number of amides is 1. The lowest BCUT2D eigenvalue weighted by molar-refractivity contribution is -0.384. The fourth-order valence-electron chi connectivity index (χ4n) is 4.57. The molecule has 1 aromatic heterocycles. The second-order valence-electron chi connectivity index (χ2n) is 8.67. The number of aromatic amines is 1. The molecule has 1 atom stereocenters. The molecule has 8 nitrogen and oxygen atoms in total. The average molecular weight is 481 g/mol. The van der Waals surface area contributed by atoms with Gasteiger partial charge >= 0.3 is 6.09 Å². The van der Waals surface area contributed by atoms with Gasteiger partial charge in [0.05, 0.1) is 22.9 Å². The van der Waals surface area contributed by atoms with Gasteiger partial charge in [-0.2, -0.15) is 0 Å². The van der Waals surface area contributed by atoms with Crippen molar-refractivity contribution in [1.82, 2.24) is 14.9 Å². The van der Waals surface area contributed by atoms with Gasteiger partial charge in [0.25, 0.3) is 5.69 Å². The topological polar surface area (TPSA) is 112 Å². The summed E-state index contributed by atoms with van der Waals surface area (Å²) in [6, 6.07) is 24.3. The lowest BCUT2D eigenvalue weighted by Gasteiger charge is -2.19. The van der Waals surface area contributed by atoms with Gasteiger partial charge in [-0.25, -0.2) is 9.78 Å².